The van der Waals surface area contributed by atoms with Crippen LogP contribution in [0, 0.1) is 0 Å². The minimum atomic E-state index is -0.408. The van der Waals surface area contributed by atoms with Gasteiger partial charge in [0.05, 0.1) is 17.2 Å². The summed E-state index contributed by atoms with van der Waals surface area (Å²) in [7, 11) is 0. The van der Waals surface area contributed by atoms with Crippen LogP contribution in [0.25, 0.3) is 11.4 Å². The van der Waals surface area contributed by atoms with Crippen molar-refractivity contribution >= 4 is 11.8 Å². The van der Waals surface area contributed by atoms with Crippen LogP contribution < -0.4 is 0 Å². The van der Waals surface area contributed by atoms with Gasteiger partial charge in [-0.1, -0.05) is 78.0 Å². The third-order valence-corrected chi connectivity index (χ3v) is 5.65. The number of nitrogens with zero attached hydrogens (tertiary/aromatic N) is 4. The van der Waals surface area contributed by atoms with Crippen LogP contribution in [0.1, 0.15) is 44.3 Å². The minimum Gasteiger partial charge on any atom is -0.337 e. The molecule has 3 heterocycles. The van der Waals surface area contributed by atoms with Crippen LogP contribution in [0.3, 0.4) is 0 Å². The number of hydrogen-bond acceptors (Lipinski definition) is 6. The van der Waals surface area contributed by atoms with Crippen molar-refractivity contribution < 1.29 is 14.1 Å². The number of rotatable bonds is 4. The summed E-state index contributed by atoms with van der Waals surface area (Å²) in [5.41, 5.74) is 2.60. The number of imide groups is 1. The minimum absolute atomic E-state index is 0.257. The molecule has 0 bridgehead atoms. The van der Waals surface area contributed by atoms with Gasteiger partial charge in [-0.2, -0.15) is 9.99 Å². The van der Waals surface area contributed by atoms with Crippen LogP contribution >= 0.6 is 0 Å². The molecule has 1 aromatic heterocycles. The summed E-state index contributed by atoms with van der Waals surface area (Å²) in [6, 6.07) is 25.4. The molecular weight excluding hydrogens is 392 g/mol. The largest absolute Gasteiger partial charge is 0.337 e. The Morgan fingerprint density at radius 2 is 1.29 bits per heavy atom. The zero-order valence-electron chi connectivity index (χ0n) is 16.3. The van der Waals surface area contributed by atoms with Gasteiger partial charge in [0.1, 0.15) is 6.04 Å². The quantitative estimate of drug-likeness (QED) is 0.374. The Kier molecular flexibility index (Phi) is 3.84. The van der Waals surface area contributed by atoms with E-state index in [1.54, 1.807) is 29.3 Å². The summed E-state index contributed by atoms with van der Waals surface area (Å²) < 4.78 is 5.58. The van der Waals surface area contributed by atoms with Gasteiger partial charge in [0.2, 0.25) is 11.7 Å². The van der Waals surface area contributed by atoms with Crippen molar-refractivity contribution in [1.82, 2.24) is 20.2 Å². The third kappa shape index (κ3) is 2.71. The lowest BCUT2D eigenvalue weighted by molar-refractivity contribution is 0.0332. The SMILES string of the molecule is O=C1c2ccccc2C(=O)N1N1C(c2ccccc2)C1c1nc(-c2ccccc2)no1. The molecule has 1 fully saturated rings. The lowest BCUT2D eigenvalue weighted by Crippen LogP contribution is -2.35. The summed E-state index contributed by atoms with van der Waals surface area (Å²) >= 11 is 0. The highest BCUT2D eigenvalue weighted by Gasteiger charge is 2.61. The van der Waals surface area contributed by atoms with Crippen molar-refractivity contribution in [1.29, 1.82) is 0 Å². The van der Waals surface area contributed by atoms with Gasteiger partial charge >= 0.3 is 0 Å². The first-order valence-corrected chi connectivity index (χ1v) is 9.94. The van der Waals surface area contributed by atoms with Crippen molar-refractivity contribution in [3.8, 4) is 11.4 Å². The first-order chi connectivity index (χ1) is 15.2. The summed E-state index contributed by atoms with van der Waals surface area (Å²) in [4.78, 5) is 30.7. The number of benzene rings is 3. The third-order valence-electron chi connectivity index (χ3n) is 5.65. The molecular formula is C24H16N4O3. The summed E-state index contributed by atoms with van der Waals surface area (Å²) in [6.07, 6.45) is 0. The standard InChI is InChI=1S/C24H16N4O3/c29-23-17-13-7-8-14-18(17)24(30)28(23)27-19(15-9-3-1-4-10-15)20(27)22-25-21(26-31-22)16-11-5-2-6-12-16/h1-14,19-20H. The van der Waals surface area contributed by atoms with E-state index in [1.165, 1.54) is 5.01 Å². The number of hydrazine groups is 1. The summed E-state index contributed by atoms with van der Waals surface area (Å²) in [5.74, 6) is 0.152. The Morgan fingerprint density at radius 3 is 1.94 bits per heavy atom. The Hall–Kier alpha value is -4.10. The van der Waals surface area contributed by atoms with Crippen molar-refractivity contribution in [2.45, 2.75) is 12.1 Å². The summed E-state index contributed by atoms with van der Waals surface area (Å²) in [6.45, 7) is 0. The van der Waals surface area contributed by atoms with Crippen LogP contribution in [0.15, 0.2) is 89.5 Å². The molecule has 4 aromatic rings. The van der Waals surface area contributed by atoms with E-state index >= 15 is 0 Å². The molecule has 6 rings (SSSR count). The number of hydrogen-bond donors (Lipinski definition) is 0. The number of aromatic nitrogens is 2. The maximum Gasteiger partial charge on any atom is 0.276 e. The maximum absolute atomic E-state index is 13.1. The highest BCUT2D eigenvalue weighted by atomic mass is 16.5. The molecule has 3 atom stereocenters. The molecule has 0 radical (unpaired) electrons. The van der Waals surface area contributed by atoms with E-state index in [0.29, 0.717) is 22.8 Å². The predicted molar refractivity (Wildman–Crippen MR) is 110 cm³/mol. The van der Waals surface area contributed by atoms with Gasteiger partial charge in [0.25, 0.3) is 11.8 Å². The number of carbonyl (C=O) groups is 2. The van der Waals surface area contributed by atoms with Crippen LogP contribution in [-0.2, 0) is 0 Å². The van der Waals surface area contributed by atoms with E-state index in [0.717, 1.165) is 11.1 Å². The molecule has 7 nitrogen and oxygen atoms in total. The van der Waals surface area contributed by atoms with E-state index in [2.05, 4.69) is 10.1 Å². The lowest BCUT2D eigenvalue weighted by atomic mass is 10.1. The van der Waals surface area contributed by atoms with E-state index in [9.17, 15) is 9.59 Å². The van der Waals surface area contributed by atoms with E-state index < -0.39 is 6.04 Å². The number of carbonyl (C=O) groups excluding carboxylic acids is 2. The fourth-order valence-corrected chi connectivity index (χ4v) is 4.15. The number of amides is 2. The highest BCUT2D eigenvalue weighted by molar-refractivity contribution is 6.21. The molecule has 3 aromatic carbocycles. The molecule has 1 saturated heterocycles. The van der Waals surface area contributed by atoms with Gasteiger partial charge in [-0.3, -0.25) is 9.59 Å². The zero-order chi connectivity index (χ0) is 20.9. The van der Waals surface area contributed by atoms with E-state index in [1.807, 2.05) is 60.7 Å². The second kappa shape index (κ2) is 6.72. The molecule has 0 aliphatic carbocycles. The summed E-state index contributed by atoms with van der Waals surface area (Å²) in [5, 5.41) is 7.05. The van der Waals surface area contributed by atoms with Crippen molar-refractivity contribution in [3.63, 3.8) is 0 Å². The molecule has 2 aliphatic rings. The van der Waals surface area contributed by atoms with Gasteiger partial charge < -0.3 is 4.52 Å². The molecule has 0 spiro atoms. The topological polar surface area (TPSA) is 79.3 Å². The van der Waals surface area contributed by atoms with E-state index in [4.69, 9.17) is 4.52 Å². The first-order valence-electron chi connectivity index (χ1n) is 9.94. The molecule has 2 aliphatic heterocycles. The second-order valence-corrected chi connectivity index (χ2v) is 7.47. The molecule has 2 amide bonds. The predicted octanol–water partition coefficient (Wildman–Crippen LogP) is 4.05. The smallest absolute Gasteiger partial charge is 0.276 e. The Labute approximate surface area is 177 Å². The van der Waals surface area contributed by atoms with Gasteiger partial charge in [0.15, 0.2) is 0 Å². The van der Waals surface area contributed by atoms with Crippen molar-refractivity contribution in [2.75, 3.05) is 0 Å². The average Bonchev–Trinajstić information content (AvgIpc) is 3.23. The van der Waals surface area contributed by atoms with E-state index in [-0.39, 0.29) is 17.9 Å². The van der Waals surface area contributed by atoms with Crippen LogP contribution in [-0.4, -0.2) is 32.0 Å². The normalized spacial score (nSPS) is 21.9. The molecule has 0 saturated carbocycles. The zero-order valence-corrected chi connectivity index (χ0v) is 16.3. The lowest BCUT2D eigenvalue weighted by Gasteiger charge is -2.16. The molecule has 7 heteroatoms. The van der Waals surface area contributed by atoms with Gasteiger partial charge in [-0.25, -0.2) is 5.01 Å². The monoisotopic (exact) mass is 408 g/mol. The fourth-order valence-electron chi connectivity index (χ4n) is 4.15. The molecule has 3 unspecified atom stereocenters. The second-order valence-electron chi connectivity index (χ2n) is 7.47. The average molecular weight is 408 g/mol. The first kappa shape index (κ1) is 17.7. The Bertz CT molecular complexity index is 1270. The van der Waals surface area contributed by atoms with Gasteiger partial charge in [-0.15, -0.1) is 0 Å². The van der Waals surface area contributed by atoms with Crippen molar-refractivity contribution in [3.05, 3.63) is 108 Å². The maximum atomic E-state index is 13.1. The molecule has 31 heavy (non-hydrogen) atoms. The van der Waals surface area contributed by atoms with Crippen molar-refractivity contribution in [2.24, 2.45) is 0 Å². The Morgan fingerprint density at radius 1 is 0.710 bits per heavy atom. The number of fused-ring (bicyclic) bond motifs is 1. The molecule has 0 N–H and O–H groups in total. The van der Waals surface area contributed by atoms with Gasteiger partial charge in [-0.05, 0) is 17.7 Å². The van der Waals surface area contributed by atoms with Gasteiger partial charge in [0, 0.05) is 5.56 Å². The Balaban J connectivity index is 1.39. The highest BCUT2D eigenvalue weighted by Crippen LogP contribution is 2.56. The van der Waals surface area contributed by atoms with Crippen LogP contribution in [0.2, 0.25) is 0 Å². The van der Waals surface area contributed by atoms with Crippen LogP contribution in [0.5, 0.6) is 0 Å². The fraction of sp³-hybridized carbons (Fsp3) is 0.0833. The molecule has 150 valence electrons. The van der Waals surface area contributed by atoms with Crippen LogP contribution in [0.4, 0.5) is 0 Å².